The van der Waals surface area contributed by atoms with Crippen molar-refractivity contribution in [2.45, 2.75) is 58.7 Å². The van der Waals surface area contributed by atoms with Crippen molar-refractivity contribution in [3.8, 4) is 0 Å². The largest absolute Gasteiger partial charge is 0.352 e. The second kappa shape index (κ2) is 11.7. The van der Waals surface area contributed by atoms with Crippen LogP contribution in [-0.2, 0) is 16.1 Å². The predicted octanol–water partition coefficient (Wildman–Crippen LogP) is 4.70. The number of halogens is 2. The quantitative estimate of drug-likeness (QED) is 0.462. The van der Waals surface area contributed by atoms with Gasteiger partial charge < -0.3 is 10.2 Å². The van der Waals surface area contributed by atoms with Gasteiger partial charge in [-0.05, 0) is 51.0 Å². The van der Waals surface area contributed by atoms with Gasteiger partial charge in [-0.15, -0.1) is 0 Å². The number of nitrogens with zero attached hydrogens (tertiary/aromatic N) is 2. The SMILES string of the molecule is CC[C@@H](C)NC(=O)[C@H](C)N(Cc1c(Cl)cccc1Cl)C(=O)CCCN1C(=O)c2ccccc2C1=O. The van der Waals surface area contributed by atoms with Gasteiger partial charge in [0.05, 0.1) is 11.1 Å². The lowest BCUT2D eigenvalue weighted by Crippen LogP contribution is -2.49. The average Bonchev–Trinajstić information content (AvgIpc) is 3.08. The second-order valence-corrected chi connectivity index (χ2v) is 9.44. The Balaban J connectivity index is 1.72. The zero-order valence-electron chi connectivity index (χ0n) is 20.0. The Morgan fingerprint density at radius 2 is 1.54 bits per heavy atom. The summed E-state index contributed by atoms with van der Waals surface area (Å²) in [5, 5.41) is 3.70. The lowest BCUT2D eigenvalue weighted by atomic mass is 10.1. The molecule has 4 amide bonds. The first-order valence-electron chi connectivity index (χ1n) is 11.6. The molecule has 9 heteroatoms. The van der Waals surface area contributed by atoms with E-state index in [9.17, 15) is 19.2 Å². The van der Waals surface area contributed by atoms with Crippen molar-refractivity contribution in [2.75, 3.05) is 6.54 Å². The van der Waals surface area contributed by atoms with Crippen molar-refractivity contribution in [3.63, 3.8) is 0 Å². The molecule has 2 atom stereocenters. The predicted molar refractivity (Wildman–Crippen MR) is 135 cm³/mol. The summed E-state index contributed by atoms with van der Waals surface area (Å²) in [5.41, 5.74) is 1.29. The van der Waals surface area contributed by atoms with E-state index in [0.29, 0.717) is 26.7 Å². The normalized spacial score (nSPS) is 14.5. The highest BCUT2D eigenvalue weighted by Gasteiger charge is 2.35. The van der Waals surface area contributed by atoms with Gasteiger partial charge in [0.15, 0.2) is 0 Å². The summed E-state index contributed by atoms with van der Waals surface area (Å²) in [5.74, 6) is -1.31. The Kier molecular flexibility index (Phi) is 8.92. The lowest BCUT2D eigenvalue weighted by molar-refractivity contribution is -0.141. The second-order valence-electron chi connectivity index (χ2n) is 8.63. The van der Waals surface area contributed by atoms with Gasteiger partial charge in [-0.3, -0.25) is 24.1 Å². The van der Waals surface area contributed by atoms with Crippen LogP contribution < -0.4 is 5.32 Å². The fourth-order valence-electron chi connectivity index (χ4n) is 3.88. The third-order valence-corrected chi connectivity index (χ3v) is 6.92. The third-order valence-electron chi connectivity index (χ3n) is 6.21. The molecule has 35 heavy (non-hydrogen) atoms. The first-order valence-corrected chi connectivity index (χ1v) is 12.4. The van der Waals surface area contributed by atoms with Crippen LogP contribution >= 0.6 is 23.2 Å². The molecular formula is C26H29Cl2N3O4. The first-order chi connectivity index (χ1) is 16.6. The molecule has 0 fully saturated rings. The Morgan fingerprint density at radius 1 is 0.971 bits per heavy atom. The minimum atomic E-state index is -0.775. The van der Waals surface area contributed by atoms with Crippen LogP contribution in [-0.4, -0.2) is 52.1 Å². The lowest BCUT2D eigenvalue weighted by Gasteiger charge is -2.30. The molecule has 2 aromatic carbocycles. The summed E-state index contributed by atoms with van der Waals surface area (Å²) in [7, 11) is 0. The molecule has 0 radical (unpaired) electrons. The number of rotatable bonds is 10. The van der Waals surface area contributed by atoms with E-state index in [0.717, 1.165) is 11.3 Å². The molecule has 2 aromatic rings. The Morgan fingerprint density at radius 3 is 2.09 bits per heavy atom. The van der Waals surface area contributed by atoms with Gasteiger partial charge in [-0.2, -0.15) is 0 Å². The zero-order valence-corrected chi connectivity index (χ0v) is 21.5. The number of carbonyl (C=O) groups excluding carboxylic acids is 4. The van der Waals surface area contributed by atoms with Crippen molar-refractivity contribution in [1.82, 2.24) is 15.1 Å². The monoisotopic (exact) mass is 517 g/mol. The first kappa shape index (κ1) is 26.7. The number of hydrogen-bond donors (Lipinski definition) is 1. The molecule has 3 rings (SSSR count). The maximum atomic E-state index is 13.3. The van der Waals surface area contributed by atoms with Gasteiger partial charge >= 0.3 is 0 Å². The molecule has 0 saturated carbocycles. The third kappa shape index (κ3) is 6.03. The molecule has 1 N–H and O–H groups in total. The minimum absolute atomic E-state index is 0.0381. The van der Waals surface area contributed by atoms with E-state index >= 15 is 0 Å². The molecule has 0 aliphatic carbocycles. The number of carbonyl (C=O) groups is 4. The van der Waals surface area contributed by atoms with Gasteiger partial charge in [0.1, 0.15) is 6.04 Å². The summed E-state index contributed by atoms with van der Waals surface area (Å²) >= 11 is 12.7. The number of hydrogen-bond acceptors (Lipinski definition) is 4. The molecule has 0 unspecified atom stereocenters. The van der Waals surface area contributed by atoms with Crippen LogP contribution in [0, 0.1) is 0 Å². The van der Waals surface area contributed by atoms with Crippen LogP contribution in [0.25, 0.3) is 0 Å². The average molecular weight is 518 g/mol. The molecular weight excluding hydrogens is 489 g/mol. The van der Waals surface area contributed by atoms with Crippen molar-refractivity contribution in [1.29, 1.82) is 0 Å². The van der Waals surface area contributed by atoms with E-state index in [1.165, 1.54) is 4.90 Å². The van der Waals surface area contributed by atoms with Crippen molar-refractivity contribution < 1.29 is 19.2 Å². The summed E-state index contributed by atoms with van der Waals surface area (Å²) in [4.78, 5) is 53.9. The van der Waals surface area contributed by atoms with E-state index in [2.05, 4.69) is 5.32 Å². The van der Waals surface area contributed by atoms with E-state index in [1.54, 1.807) is 49.4 Å². The molecule has 0 aromatic heterocycles. The minimum Gasteiger partial charge on any atom is -0.352 e. The molecule has 1 aliphatic heterocycles. The topological polar surface area (TPSA) is 86.8 Å². The highest BCUT2D eigenvalue weighted by Crippen LogP contribution is 2.27. The zero-order chi connectivity index (χ0) is 25.7. The number of nitrogens with one attached hydrogen (secondary N) is 1. The Labute approximate surface area is 215 Å². The van der Waals surface area contributed by atoms with Gasteiger partial charge in [0, 0.05) is 41.2 Å². The molecule has 1 aliphatic rings. The molecule has 7 nitrogen and oxygen atoms in total. The maximum absolute atomic E-state index is 13.3. The maximum Gasteiger partial charge on any atom is 0.261 e. The number of fused-ring (bicyclic) bond motifs is 1. The van der Waals surface area contributed by atoms with E-state index < -0.39 is 6.04 Å². The van der Waals surface area contributed by atoms with Crippen LogP contribution in [0.5, 0.6) is 0 Å². The summed E-state index contributed by atoms with van der Waals surface area (Å²) in [6.45, 7) is 5.67. The molecule has 186 valence electrons. The summed E-state index contributed by atoms with van der Waals surface area (Å²) < 4.78 is 0. The van der Waals surface area contributed by atoms with Gasteiger partial charge in [0.2, 0.25) is 11.8 Å². The fourth-order valence-corrected chi connectivity index (χ4v) is 4.39. The van der Waals surface area contributed by atoms with Crippen molar-refractivity contribution in [3.05, 3.63) is 69.2 Å². The van der Waals surface area contributed by atoms with E-state index in [-0.39, 0.29) is 55.6 Å². The summed E-state index contributed by atoms with van der Waals surface area (Å²) in [6, 6.07) is 10.9. The van der Waals surface area contributed by atoms with Crippen molar-refractivity contribution in [2.24, 2.45) is 0 Å². The van der Waals surface area contributed by atoms with Crippen LogP contribution in [0.15, 0.2) is 42.5 Å². The standard InChI is InChI=1S/C26H29Cl2N3O4/c1-4-16(2)29-24(33)17(3)31(15-20-21(27)11-7-12-22(20)28)23(32)13-8-14-30-25(34)18-9-5-6-10-19(18)26(30)35/h5-7,9-12,16-17H,4,8,13-15H2,1-3H3,(H,29,33)/t16-,17+/m1/s1. The molecule has 0 spiro atoms. The van der Waals surface area contributed by atoms with Gasteiger partial charge in [-0.1, -0.05) is 48.3 Å². The highest BCUT2D eigenvalue weighted by atomic mass is 35.5. The van der Waals surface area contributed by atoms with E-state index in [1.807, 2.05) is 13.8 Å². The number of amides is 4. The summed E-state index contributed by atoms with van der Waals surface area (Å²) in [6.07, 6.45) is 1.05. The Bertz CT molecular complexity index is 1080. The van der Waals surface area contributed by atoms with Gasteiger partial charge in [0.25, 0.3) is 11.8 Å². The molecule has 0 bridgehead atoms. The van der Waals surface area contributed by atoms with Crippen LogP contribution in [0.2, 0.25) is 10.0 Å². The van der Waals surface area contributed by atoms with Crippen molar-refractivity contribution >= 4 is 46.8 Å². The Hall–Kier alpha value is -2.90. The molecule has 1 heterocycles. The highest BCUT2D eigenvalue weighted by molar-refractivity contribution is 6.36. The van der Waals surface area contributed by atoms with Crippen LogP contribution in [0.3, 0.4) is 0 Å². The van der Waals surface area contributed by atoms with Gasteiger partial charge in [-0.25, -0.2) is 0 Å². The molecule has 0 saturated heterocycles. The number of benzene rings is 2. The van der Waals surface area contributed by atoms with E-state index in [4.69, 9.17) is 23.2 Å². The van der Waals surface area contributed by atoms with Crippen LogP contribution in [0.1, 0.15) is 66.3 Å². The number of imide groups is 1. The fraction of sp³-hybridized carbons (Fsp3) is 0.385. The smallest absolute Gasteiger partial charge is 0.261 e. The van der Waals surface area contributed by atoms with Crippen LogP contribution in [0.4, 0.5) is 0 Å².